The summed E-state index contributed by atoms with van der Waals surface area (Å²) >= 11 is 0. The third-order valence-electron chi connectivity index (χ3n) is 4.92. The number of hydrogen-bond acceptors (Lipinski definition) is 4. The number of rotatable bonds is 6. The van der Waals surface area contributed by atoms with Crippen molar-refractivity contribution in [1.29, 1.82) is 0 Å². The minimum Gasteiger partial charge on any atom is -0.365 e. The molecule has 1 heterocycles. The molecule has 1 fully saturated rings. The van der Waals surface area contributed by atoms with Crippen LogP contribution in [0.15, 0.2) is 70.3 Å². The zero-order chi connectivity index (χ0) is 19.6. The first-order valence-corrected chi connectivity index (χ1v) is 9.13. The maximum Gasteiger partial charge on any atom is 0.278 e. The Morgan fingerprint density at radius 1 is 1.19 bits per heavy atom. The first-order chi connectivity index (χ1) is 12.8. The van der Waals surface area contributed by atoms with Crippen LogP contribution >= 0.6 is 0 Å². The van der Waals surface area contributed by atoms with E-state index in [4.69, 9.17) is 0 Å². The molecule has 140 valence electrons. The molecule has 1 N–H and O–H groups in total. The molecule has 2 aromatic rings. The topological polar surface area (TPSA) is 59.3 Å². The summed E-state index contributed by atoms with van der Waals surface area (Å²) in [6, 6.07) is 9.90. The fourth-order valence-electron chi connectivity index (χ4n) is 3.05. The zero-order valence-electron chi connectivity index (χ0n) is 16.4. The van der Waals surface area contributed by atoms with Crippen molar-refractivity contribution in [1.82, 2.24) is 15.1 Å². The Balaban J connectivity index is 1.94. The molecule has 5 heteroatoms. The van der Waals surface area contributed by atoms with E-state index < -0.39 is 0 Å². The van der Waals surface area contributed by atoms with Crippen LogP contribution in [0.1, 0.15) is 45.3 Å². The quantitative estimate of drug-likeness (QED) is 0.464. The number of hydrogen-bond donors (Lipinski definition) is 1. The maximum atomic E-state index is 13.2. The van der Waals surface area contributed by atoms with E-state index in [1.165, 1.54) is 4.68 Å². The standard InChI is InChI=1S/C22H26N4O/c1-15(2)19(16(3)20(23-5)25-22(4)11-12-22)21(27)26-14-18(13-24-26)17-9-7-6-8-10-17/h6-10,13-14,25H,5,11-12H2,1-4H3/b20-16-. The van der Waals surface area contributed by atoms with Crippen LogP contribution in [0, 0.1) is 0 Å². The van der Waals surface area contributed by atoms with Gasteiger partial charge in [0, 0.05) is 28.4 Å². The Labute approximate surface area is 160 Å². The second-order valence-electron chi connectivity index (χ2n) is 7.54. The maximum absolute atomic E-state index is 13.2. The molecule has 0 atom stereocenters. The predicted octanol–water partition coefficient (Wildman–Crippen LogP) is 4.60. The van der Waals surface area contributed by atoms with E-state index in [0.29, 0.717) is 11.4 Å². The Morgan fingerprint density at radius 2 is 1.85 bits per heavy atom. The molecule has 3 rings (SSSR count). The number of allylic oxidation sites excluding steroid dienone is 3. The van der Waals surface area contributed by atoms with E-state index in [1.807, 2.05) is 51.1 Å². The van der Waals surface area contributed by atoms with Gasteiger partial charge in [0.1, 0.15) is 5.82 Å². The molecular weight excluding hydrogens is 336 g/mol. The smallest absolute Gasteiger partial charge is 0.278 e. The van der Waals surface area contributed by atoms with Crippen molar-refractivity contribution >= 4 is 12.6 Å². The van der Waals surface area contributed by atoms with Gasteiger partial charge in [-0.05, 0) is 52.8 Å². The van der Waals surface area contributed by atoms with Crippen LogP contribution in [0.2, 0.25) is 0 Å². The molecule has 1 saturated carbocycles. The third-order valence-corrected chi connectivity index (χ3v) is 4.92. The summed E-state index contributed by atoms with van der Waals surface area (Å²) in [4.78, 5) is 17.3. The van der Waals surface area contributed by atoms with Gasteiger partial charge in [0.05, 0.1) is 6.20 Å². The van der Waals surface area contributed by atoms with Crippen LogP contribution in [-0.4, -0.2) is 27.9 Å². The summed E-state index contributed by atoms with van der Waals surface area (Å²) in [5.74, 6) is 0.494. The summed E-state index contributed by atoms with van der Waals surface area (Å²) in [7, 11) is 0. The van der Waals surface area contributed by atoms with E-state index in [1.54, 1.807) is 12.4 Å². The van der Waals surface area contributed by atoms with Gasteiger partial charge in [-0.1, -0.05) is 35.9 Å². The van der Waals surface area contributed by atoms with E-state index in [2.05, 4.69) is 29.0 Å². The van der Waals surface area contributed by atoms with Crippen LogP contribution in [0.5, 0.6) is 0 Å². The highest BCUT2D eigenvalue weighted by Crippen LogP contribution is 2.36. The molecule has 27 heavy (non-hydrogen) atoms. The highest BCUT2D eigenvalue weighted by Gasteiger charge is 2.38. The molecule has 0 amide bonds. The number of carbonyl (C=O) groups is 1. The van der Waals surface area contributed by atoms with Crippen molar-refractivity contribution in [3.63, 3.8) is 0 Å². The lowest BCUT2D eigenvalue weighted by Crippen LogP contribution is -2.28. The van der Waals surface area contributed by atoms with Crippen LogP contribution in [0.4, 0.5) is 0 Å². The van der Waals surface area contributed by atoms with Crippen molar-refractivity contribution in [2.45, 2.75) is 46.1 Å². The van der Waals surface area contributed by atoms with Crippen LogP contribution in [-0.2, 0) is 0 Å². The molecule has 1 aliphatic carbocycles. The van der Waals surface area contributed by atoms with Gasteiger partial charge in [0.2, 0.25) is 0 Å². The Morgan fingerprint density at radius 3 is 2.41 bits per heavy atom. The van der Waals surface area contributed by atoms with Crippen molar-refractivity contribution in [3.05, 3.63) is 65.3 Å². The van der Waals surface area contributed by atoms with E-state index >= 15 is 0 Å². The summed E-state index contributed by atoms with van der Waals surface area (Å²) < 4.78 is 1.40. The highest BCUT2D eigenvalue weighted by molar-refractivity contribution is 6.00. The fraction of sp³-hybridized carbons (Fsp3) is 0.318. The summed E-state index contributed by atoms with van der Waals surface area (Å²) in [5, 5.41) is 7.72. The number of aliphatic imine (C=N–C) groups is 1. The van der Waals surface area contributed by atoms with E-state index in [-0.39, 0.29) is 11.4 Å². The van der Waals surface area contributed by atoms with Gasteiger partial charge < -0.3 is 5.32 Å². The summed E-state index contributed by atoms with van der Waals surface area (Å²) in [5.41, 5.74) is 4.30. The minimum atomic E-state index is -0.168. The molecule has 0 unspecified atom stereocenters. The van der Waals surface area contributed by atoms with Gasteiger partial charge in [0.25, 0.3) is 5.91 Å². The molecule has 0 spiro atoms. The Bertz CT molecular complexity index is 926. The minimum absolute atomic E-state index is 0.0553. The third kappa shape index (κ3) is 4.08. The molecular formula is C22H26N4O. The number of carbonyl (C=O) groups excluding carboxylic acids is 1. The number of nitrogens with one attached hydrogen (secondary N) is 1. The number of benzene rings is 1. The van der Waals surface area contributed by atoms with Crippen molar-refractivity contribution in [2.24, 2.45) is 4.99 Å². The molecule has 5 nitrogen and oxygen atoms in total. The monoisotopic (exact) mass is 362 g/mol. The average molecular weight is 362 g/mol. The normalized spacial score (nSPS) is 15.6. The van der Waals surface area contributed by atoms with Crippen molar-refractivity contribution in [2.75, 3.05) is 0 Å². The molecule has 0 radical (unpaired) electrons. The first-order valence-electron chi connectivity index (χ1n) is 9.13. The summed E-state index contributed by atoms with van der Waals surface area (Å²) in [6.45, 7) is 11.6. The van der Waals surface area contributed by atoms with E-state index in [9.17, 15) is 4.79 Å². The summed E-state index contributed by atoms with van der Waals surface area (Å²) in [6.07, 6.45) is 5.67. The fourth-order valence-corrected chi connectivity index (χ4v) is 3.05. The van der Waals surface area contributed by atoms with Crippen molar-refractivity contribution in [3.8, 4) is 11.1 Å². The molecule has 1 aromatic heterocycles. The lowest BCUT2D eigenvalue weighted by atomic mass is 10.0. The molecule has 0 bridgehead atoms. The lowest BCUT2D eigenvalue weighted by molar-refractivity contribution is 0.0941. The molecule has 1 aromatic carbocycles. The van der Waals surface area contributed by atoms with Gasteiger partial charge in [-0.3, -0.25) is 4.79 Å². The van der Waals surface area contributed by atoms with Gasteiger partial charge in [0.15, 0.2) is 0 Å². The lowest BCUT2D eigenvalue weighted by Gasteiger charge is -2.18. The second kappa shape index (κ2) is 7.35. The predicted molar refractivity (Wildman–Crippen MR) is 110 cm³/mol. The molecule has 0 saturated heterocycles. The van der Waals surface area contributed by atoms with Crippen LogP contribution in [0.25, 0.3) is 11.1 Å². The average Bonchev–Trinajstić information content (AvgIpc) is 3.18. The Hall–Kier alpha value is -2.95. The van der Waals surface area contributed by atoms with Crippen LogP contribution < -0.4 is 5.32 Å². The molecule has 0 aliphatic heterocycles. The van der Waals surface area contributed by atoms with Crippen LogP contribution in [0.3, 0.4) is 0 Å². The highest BCUT2D eigenvalue weighted by atomic mass is 16.2. The number of nitrogens with zero attached hydrogens (tertiary/aromatic N) is 3. The zero-order valence-corrected chi connectivity index (χ0v) is 16.4. The Kier molecular flexibility index (Phi) is 5.13. The number of aromatic nitrogens is 2. The first kappa shape index (κ1) is 18.8. The van der Waals surface area contributed by atoms with Gasteiger partial charge in [-0.25, -0.2) is 9.67 Å². The molecule has 1 aliphatic rings. The second-order valence-corrected chi connectivity index (χ2v) is 7.54. The largest absolute Gasteiger partial charge is 0.365 e. The van der Waals surface area contributed by atoms with Gasteiger partial charge in [-0.2, -0.15) is 5.10 Å². The van der Waals surface area contributed by atoms with Gasteiger partial charge in [-0.15, -0.1) is 0 Å². The van der Waals surface area contributed by atoms with E-state index in [0.717, 1.165) is 35.1 Å². The van der Waals surface area contributed by atoms with Gasteiger partial charge >= 0.3 is 0 Å². The van der Waals surface area contributed by atoms with Crippen molar-refractivity contribution < 1.29 is 4.79 Å². The SMILES string of the molecule is C=N/C(NC1(C)CC1)=C(\C)C(C(=O)n1cc(-c2ccccc2)cn1)=C(C)C.